The predicted molar refractivity (Wildman–Crippen MR) is 57.5 cm³/mol. The van der Waals surface area contributed by atoms with Gasteiger partial charge in [0.25, 0.3) is 0 Å². The number of pyridine rings is 2. The lowest BCUT2D eigenvalue weighted by atomic mass is 10.0. The van der Waals surface area contributed by atoms with Crippen LogP contribution in [0, 0.1) is 0 Å². The number of hydrogen-bond donors (Lipinski definition) is 1. The zero-order valence-electron chi connectivity index (χ0n) is 9.09. The molecule has 94 valence electrons. The Morgan fingerprint density at radius 3 is 2.50 bits per heavy atom. The van der Waals surface area contributed by atoms with Gasteiger partial charge in [0.1, 0.15) is 6.10 Å². The van der Waals surface area contributed by atoms with E-state index in [1.165, 1.54) is 12.3 Å². The summed E-state index contributed by atoms with van der Waals surface area (Å²) in [7, 11) is 0. The van der Waals surface area contributed by atoms with Crippen molar-refractivity contribution in [1.82, 2.24) is 9.97 Å². The van der Waals surface area contributed by atoms with Crippen LogP contribution in [0.2, 0.25) is 0 Å². The van der Waals surface area contributed by atoms with Gasteiger partial charge in [-0.1, -0.05) is 6.07 Å². The average molecular weight is 254 g/mol. The zero-order chi connectivity index (χ0) is 13.2. The number of aliphatic hydroxyl groups excluding tert-OH is 1. The van der Waals surface area contributed by atoms with E-state index in [9.17, 15) is 18.3 Å². The van der Waals surface area contributed by atoms with E-state index in [0.29, 0.717) is 0 Å². The summed E-state index contributed by atoms with van der Waals surface area (Å²) in [6.45, 7) is 0. The molecular weight excluding hydrogens is 245 g/mol. The van der Waals surface area contributed by atoms with E-state index in [2.05, 4.69) is 9.97 Å². The van der Waals surface area contributed by atoms with Crippen LogP contribution >= 0.6 is 0 Å². The first-order chi connectivity index (χ1) is 8.50. The summed E-state index contributed by atoms with van der Waals surface area (Å²) in [5.74, 6) is 0. The van der Waals surface area contributed by atoms with Crippen LogP contribution in [-0.2, 0) is 6.18 Å². The number of hydrogen-bond acceptors (Lipinski definition) is 3. The molecule has 0 fully saturated rings. The molecule has 0 aromatic carbocycles. The van der Waals surface area contributed by atoms with Crippen LogP contribution in [0.25, 0.3) is 0 Å². The van der Waals surface area contributed by atoms with Gasteiger partial charge in [-0.2, -0.15) is 13.2 Å². The van der Waals surface area contributed by atoms with Gasteiger partial charge in [0.15, 0.2) is 0 Å². The normalized spacial score (nSPS) is 13.3. The van der Waals surface area contributed by atoms with Crippen molar-refractivity contribution < 1.29 is 18.3 Å². The molecule has 0 spiro atoms. The van der Waals surface area contributed by atoms with Gasteiger partial charge in [-0.25, -0.2) is 0 Å². The Morgan fingerprint density at radius 1 is 1.11 bits per heavy atom. The number of nitrogens with zero attached hydrogens (tertiary/aromatic N) is 2. The zero-order valence-corrected chi connectivity index (χ0v) is 9.09. The van der Waals surface area contributed by atoms with Crippen LogP contribution in [0.15, 0.2) is 42.9 Å². The lowest BCUT2D eigenvalue weighted by molar-refractivity contribution is -0.139. The standard InChI is InChI=1S/C12H9F3N2O/c13-12(14,15)9-4-6-16-7-8(9)11(18)10-3-1-2-5-17-10/h1-7,11,18H. The van der Waals surface area contributed by atoms with E-state index >= 15 is 0 Å². The molecule has 1 unspecified atom stereocenters. The lowest BCUT2D eigenvalue weighted by Gasteiger charge is -2.16. The second kappa shape index (κ2) is 4.73. The molecule has 0 saturated carbocycles. The molecule has 6 heteroatoms. The summed E-state index contributed by atoms with van der Waals surface area (Å²) >= 11 is 0. The quantitative estimate of drug-likeness (QED) is 0.895. The number of rotatable bonds is 2. The first-order valence-corrected chi connectivity index (χ1v) is 5.10. The van der Waals surface area contributed by atoms with Gasteiger partial charge in [-0.05, 0) is 18.2 Å². The number of aromatic nitrogens is 2. The van der Waals surface area contributed by atoms with E-state index in [0.717, 1.165) is 18.5 Å². The minimum absolute atomic E-state index is 0.149. The predicted octanol–water partition coefficient (Wildman–Crippen LogP) is 2.58. The maximum Gasteiger partial charge on any atom is 0.416 e. The fraction of sp³-hybridized carbons (Fsp3) is 0.167. The van der Waals surface area contributed by atoms with Crippen LogP contribution in [0.1, 0.15) is 22.9 Å². The molecule has 3 nitrogen and oxygen atoms in total. The van der Waals surface area contributed by atoms with Gasteiger partial charge in [0, 0.05) is 24.2 Å². The van der Waals surface area contributed by atoms with Crippen molar-refractivity contribution in [3.8, 4) is 0 Å². The Morgan fingerprint density at radius 2 is 1.89 bits per heavy atom. The van der Waals surface area contributed by atoms with Crippen molar-refractivity contribution in [2.75, 3.05) is 0 Å². The summed E-state index contributed by atoms with van der Waals surface area (Å²) < 4.78 is 38.3. The third kappa shape index (κ3) is 2.48. The van der Waals surface area contributed by atoms with Crippen molar-refractivity contribution in [3.05, 3.63) is 59.7 Å². The van der Waals surface area contributed by atoms with Crippen LogP contribution in [0.4, 0.5) is 13.2 Å². The second-order valence-electron chi connectivity index (χ2n) is 3.62. The maximum absolute atomic E-state index is 12.8. The van der Waals surface area contributed by atoms with Gasteiger partial charge in [0.05, 0.1) is 11.3 Å². The summed E-state index contributed by atoms with van der Waals surface area (Å²) in [5.41, 5.74) is -1.06. The number of halogens is 3. The highest BCUT2D eigenvalue weighted by molar-refractivity contribution is 5.32. The van der Waals surface area contributed by atoms with Crippen LogP contribution in [0.5, 0.6) is 0 Å². The topological polar surface area (TPSA) is 46.0 Å². The fourth-order valence-corrected chi connectivity index (χ4v) is 1.58. The van der Waals surface area contributed by atoms with Crippen LogP contribution < -0.4 is 0 Å². The Labute approximate surface area is 101 Å². The number of aliphatic hydroxyl groups is 1. The molecule has 18 heavy (non-hydrogen) atoms. The summed E-state index contributed by atoms with van der Waals surface area (Å²) in [6, 6.07) is 5.50. The average Bonchev–Trinajstić information content (AvgIpc) is 2.38. The van der Waals surface area contributed by atoms with E-state index in [1.54, 1.807) is 12.1 Å². The smallest absolute Gasteiger partial charge is 0.382 e. The van der Waals surface area contributed by atoms with Crippen molar-refractivity contribution in [1.29, 1.82) is 0 Å². The molecule has 0 radical (unpaired) electrons. The third-order valence-corrected chi connectivity index (χ3v) is 2.42. The van der Waals surface area contributed by atoms with Gasteiger partial charge >= 0.3 is 6.18 Å². The lowest BCUT2D eigenvalue weighted by Crippen LogP contribution is -2.13. The fourth-order valence-electron chi connectivity index (χ4n) is 1.58. The van der Waals surface area contributed by atoms with Crippen LogP contribution in [-0.4, -0.2) is 15.1 Å². The molecule has 1 atom stereocenters. The molecule has 0 bridgehead atoms. The highest BCUT2D eigenvalue weighted by atomic mass is 19.4. The Balaban J connectivity index is 2.46. The van der Waals surface area contributed by atoms with E-state index in [4.69, 9.17) is 0 Å². The van der Waals surface area contributed by atoms with Crippen molar-refractivity contribution in [2.45, 2.75) is 12.3 Å². The summed E-state index contributed by atoms with van der Waals surface area (Å²) in [4.78, 5) is 7.45. The molecule has 2 rings (SSSR count). The SMILES string of the molecule is OC(c1ccccn1)c1cnccc1C(F)(F)F. The Kier molecular flexibility index (Phi) is 3.29. The monoisotopic (exact) mass is 254 g/mol. The summed E-state index contributed by atoms with van der Waals surface area (Å²) in [6.07, 6.45) is -2.54. The van der Waals surface area contributed by atoms with E-state index in [-0.39, 0.29) is 11.3 Å². The van der Waals surface area contributed by atoms with E-state index in [1.807, 2.05) is 0 Å². The van der Waals surface area contributed by atoms with Gasteiger partial charge in [0.2, 0.25) is 0 Å². The van der Waals surface area contributed by atoms with Crippen LogP contribution in [0.3, 0.4) is 0 Å². The Bertz CT molecular complexity index is 528. The molecule has 1 N–H and O–H groups in total. The van der Waals surface area contributed by atoms with Crippen molar-refractivity contribution in [3.63, 3.8) is 0 Å². The van der Waals surface area contributed by atoms with Gasteiger partial charge < -0.3 is 5.11 Å². The largest absolute Gasteiger partial charge is 0.416 e. The molecule has 0 saturated heterocycles. The molecule has 0 amide bonds. The minimum atomic E-state index is -4.53. The van der Waals surface area contributed by atoms with Crippen molar-refractivity contribution >= 4 is 0 Å². The minimum Gasteiger partial charge on any atom is -0.382 e. The molecule has 0 aliphatic rings. The second-order valence-corrected chi connectivity index (χ2v) is 3.62. The summed E-state index contributed by atoms with van der Waals surface area (Å²) in [5, 5.41) is 9.93. The molecule has 0 aliphatic heterocycles. The van der Waals surface area contributed by atoms with Gasteiger partial charge in [-0.3, -0.25) is 9.97 Å². The molecule has 2 heterocycles. The molecule has 0 aliphatic carbocycles. The molecular formula is C12H9F3N2O. The highest BCUT2D eigenvalue weighted by Crippen LogP contribution is 2.35. The Hall–Kier alpha value is -1.95. The first kappa shape index (κ1) is 12.5. The van der Waals surface area contributed by atoms with Gasteiger partial charge in [-0.15, -0.1) is 0 Å². The molecule has 2 aromatic heterocycles. The first-order valence-electron chi connectivity index (χ1n) is 5.10. The molecule has 2 aromatic rings. The number of alkyl halides is 3. The van der Waals surface area contributed by atoms with E-state index < -0.39 is 17.8 Å². The van der Waals surface area contributed by atoms with Crippen molar-refractivity contribution in [2.24, 2.45) is 0 Å². The maximum atomic E-state index is 12.8. The highest BCUT2D eigenvalue weighted by Gasteiger charge is 2.35. The third-order valence-electron chi connectivity index (χ3n) is 2.42.